The average Bonchev–Trinajstić information content (AvgIpc) is 3.04. The molecule has 1 fully saturated rings. The standard InChI is InChI=1S/C14H13N3O2S/c1-8-5-12(19-17-8)11-7-20-14(16-11)10-6-18-13(15-10)9-3-2-4-9/h5-7,9H,2-4H2,1H3. The second-order valence-corrected chi connectivity index (χ2v) is 5.93. The summed E-state index contributed by atoms with van der Waals surface area (Å²) < 4.78 is 10.8. The van der Waals surface area contributed by atoms with E-state index in [2.05, 4.69) is 15.1 Å². The van der Waals surface area contributed by atoms with Gasteiger partial charge in [-0.15, -0.1) is 11.3 Å². The molecule has 0 atom stereocenters. The van der Waals surface area contributed by atoms with E-state index < -0.39 is 0 Å². The second kappa shape index (κ2) is 4.56. The van der Waals surface area contributed by atoms with Gasteiger partial charge in [-0.3, -0.25) is 0 Å². The van der Waals surface area contributed by atoms with Crippen LogP contribution in [-0.2, 0) is 0 Å². The summed E-state index contributed by atoms with van der Waals surface area (Å²) in [6, 6.07) is 1.88. The Hall–Kier alpha value is -1.95. The van der Waals surface area contributed by atoms with Crippen LogP contribution in [0.3, 0.4) is 0 Å². The predicted octanol–water partition coefficient (Wildman–Crippen LogP) is 4.03. The molecule has 0 aromatic carbocycles. The average molecular weight is 287 g/mol. The molecule has 0 N–H and O–H groups in total. The number of rotatable bonds is 3. The highest BCUT2D eigenvalue weighted by Gasteiger charge is 2.25. The molecule has 0 radical (unpaired) electrons. The number of oxazole rings is 1. The lowest BCUT2D eigenvalue weighted by molar-refractivity contribution is 0.335. The van der Waals surface area contributed by atoms with Gasteiger partial charge in [-0.25, -0.2) is 9.97 Å². The van der Waals surface area contributed by atoms with Crippen molar-refractivity contribution in [3.8, 4) is 22.2 Å². The molecule has 1 aliphatic rings. The minimum atomic E-state index is 0.500. The topological polar surface area (TPSA) is 65.0 Å². The minimum Gasteiger partial charge on any atom is -0.448 e. The molecule has 4 rings (SSSR count). The zero-order valence-electron chi connectivity index (χ0n) is 11.0. The molecule has 3 aromatic heterocycles. The zero-order chi connectivity index (χ0) is 13.5. The van der Waals surface area contributed by atoms with Crippen molar-refractivity contribution in [3.05, 3.63) is 29.3 Å². The third-order valence-electron chi connectivity index (χ3n) is 3.58. The molecule has 0 amide bonds. The molecule has 102 valence electrons. The van der Waals surface area contributed by atoms with Gasteiger partial charge in [0.2, 0.25) is 0 Å². The van der Waals surface area contributed by atoms with Crippen LogP contribution in [0.4, 0.5) is 0 Å². The van der Waals surface area contributed by atoms with Gasteiger partial charge in [-0.1, -0.05) is 11.6 Å². The smallest absolute Gasteiger partial charge is 0.197 e. The van der Waals surface area contributed by atoms with Gasteiger partial charge in [0.05, 0.1) is 5.69 Å². The molecule has 1 saturated carbocycles. The van der Waals surface area contributed by atoms with Gasteiger partial charge in [0.15, 0.2) is 11.7 Å². The third kappa shape index (κ3) is 1.96. The summed E-state index contributed by atoms with van der Waals surface area (Å²) in [4.78, 5) is 9.09. The molecule has 0 unspecified atom stereocenters. The van der Waals surface area contributed by atoms with E-state index in [0.717, 1.165) is 28.0 Å². The van der Waals surface area contributed by atoms with Gasteiger partial charge >= 0.3 is 0 Å². The van der Waals surface area contributed by atoms with Crippen LogP contribution in [0.15, 0.2) is 26.6 Å². The SMILES string of the molecule is Cc1cc(-c2csc(-c3coc(C4CCC4)n3)n2)on1. The molecule has 0 aliphatic heterocycles. The lowest BCUT2D eigenvalue weighted by atomic mass is 9.85. The Labute approximate surface area is 119 Å². The first-order valence-corrected chi connectivity index (χ1v) is 7.52. The van der Waals surface area contributed by atoms with Crippen molar-refractivity contribution in [2.75, 3.05) is 0 Å². The number of nitrogens with zero attached hydrogens (tertiary/aromatic N) is 3. The Morgan fingerprint density at radius 3 is 2.85 bits per heavy atom. The van der Waals surface area contributed by atoms with E-state index in [1.165, 1.54) is 30.6 Å². The van der Waals surface area contributed by atoms with Gasteiger partial charge in [0.25, 0.3) is 0 Å². The fraction of sp³-hybridized carbons (Fsp3) is 0.357. The summed E-state index contributed by atoms with van der Waals surface area (Å²) in [5.74, 6) is 2.03. The minimum absolute atomic E-state index is 0.500. The van der Waals surface area contributed by atoms with Crippen molar-refractivity contribution in [1.82, 2.24) is 15.1 Å². The van der Waals surface area contributed by atoms with E-state index in [-0.39, 0.29) is 0 Å². The lowest BCUT2D eigenvalue weighted by Gasteiger charge is -2.21. The summed E-state index contributed by atoms with van der Waals surface area (Å²) in [5.41, 5.74) is 2.45. The maximum atomic E-state index is 5.56. The first-order valence-electron chi connectivity index (χ1n) is 6.64. The Morgan fingerprint density at radius 1 is 1.25 bits per heavy atom. The zero-order valence-corrected chi connectivity index (χ0v) is 11.8. The van der Waals surface area contributed by atoms with Gasteiger partial charge in [-0.2, -0.15) is 0 Å². The van der Waals surface area contributed by atoms with Crippen LogP contribution in [0.25, 0.3) is 22.2 Å². The maximum Gasteiger partial charge on any atom is 0.197 e. The van der Waals surface area contributed by atoms with Crippen LogP contribution in [-0.4, -0.2) is 15.1 Å². The quantitative estimate of drug-likeness (QED) is 0.727. The first-order chi connectivity index (χ1) is 9.79. The van der Waals surface area contributed by atoms with Crippen LogP contribution in [0.2, 0.25) is 0 Å². The molecule has 20 heavy (non-hydrogen) atoms. The van der Waals surface area contributed by atoms with E-state index in [1.54, 1.807) is 6.26 Å². The predicted molar refractivity (Wildman–Crippen MR) is 74.4 cm³/mol. The summed E-state index contributed by atoms with van der Waals surface area (Å²) >= 11 is 1.54. The van der Waals surface area contributed by atoms with Crippen LogP contribution >= 0.6 is 11.3 Å². The largest absolute Gasteiger partial charge is 0.448 e. The van der Waals surface area contributed by atoms with Crippen molar-refractivity contribution in [1.29, 1.82) is 0 Å². The van der Waals surface area contributed by atoms with Crippen molar-refractivity contribution >= 4 is 11.3 Å². The summed E-state index contributed by atoms with van der Waals surface area (Å²) in [7, 11) is 0. The maximum absolute atomic E-state index is 5.56. The monoisotopic (exact) mass is 287 g/mol. The van der Waals surface area contributed by atoms with Crippen LogP contribution in [0.5, 0.6) is 0 Å². The Bertz CT molecular complexity index is 739. The van der Waals surface area contributed by atoms with Crippen molar-refractivity contribution in [2.45, 2.75) is 32.1 Å². The van der Waals surface area contributed by atoms with Crippen LogP contribution in [0.1, 0.15) is 36.8 Å². The first kappa shape index (κ1) is 11.8. The normalized spacial score (nSPS) is 15.4. The molecule has 0 spiro atoms. The molecule has 0 bridgehead atoms. The van der Waals surface area contributed by atoms with Crippen molar-refractivity contribution in [3.63, 3.8) is 0 Å². The summed E-state index contributed by atoms with van der Waals surface area (Å²) in [5, 5.41) is 6.68. The molecule has 6 heteroatoms. The van der Waals surface area contributed by atoms with Crippen LogP contribution < -0.4 is 0 Å². The molecule has 1 aliphatic carbocycles. The van der Waals surface area contributed by atoms with E-state index in [0.29, 0.717) is 11.7 Å². The van der Waals surface area contributed by atoms with Crippen LogP contribution in [0, 0.1) is 6.92 Å². The highest BCUT2D eigenvalue weighted by atomic mass is 32.1. The number of aromatic nitrogens is 3. The number of hydrogen-bond donors (Lipinski definition) is 0. The van der Waals surface area contributed by atoms with Gasteiger partial charge in [0.1, 0.15) is 22.7 Å². The molecule has 3 aromatic rings. The Morgan fingerprint density at radius 2 is 2.15 bits per heavy atom. The van der Waals surface area contributed by atoms with E-state index >= 15 is 0 Å². The van der Waals surface area contributed by atoms with E-state index in [4.69, 9.17) is 8.94 Å². The fourth-order valence-electron chi connectivity index (χ4n) is 2.22. The molecule has 5 nitrogen and oxygen atoms in total. The summed E-state index contributed by atoms with van der Waals surface area (Å²) in [6.45, 7) is 1.89. The number of hydrogen-bond acceptors (Lipinski definition) is 6. The molecular formula is C14H13N3O2S. The highest BCUT2D eigenvalue weighted by Crippen LogP contribution is 2.37. The van der Waals surface area contributed by atoms with Gasteiger partial charge in [0, 0.05) is 17.4 Å². The van der Waals surface area contributed by atoms with E-state index in [9.17, 15) is 0 Å². The Kier molecular flexibility index (Phi) is 2.70. The third-order valence-corrected chi connectivity index (χ3v) is 4.44. The van der Waals surface area contributed by atoms with Crippen molar-refractivity contribution in [2.24, 2.45) is 0 Å². The molecule has 0 saturated heterocycles. The van der Waals surface area contributed by atoms with E-state index in [1.807, 2.05) is 18.4 Å². The second-order valence-electron chi connectivity index (χ2n) is 5.07. The van der Waals surface area contributed by atoms with Gasteiger partial charge < -0.3 is 8.94 Å². The number of aryl methyl sites for hydroxylation is 1. The highest BCUT2D eigenvalue weighted by molar-refractivity contribution is 7.13. The summed E-state index contributed by atoms with van der Waals surface area (Å²) in [6.07, 6.45) is 5.33. The fourth-order valence-corrected chi connectivity index (χ4v) is 2.98. The lowest BCUT2D eigenvalue weighted by Crippen LogP contribution is -2.08. The Balaban J connectivity index is 1.62. The number of thiazole rings is 1. The molecular weight excluding hydrogens is 274 g/mol. The van der Waals surface area contributed by atoms with Gasteiger partial charge in [-0.05, 0) is 19.8 Å². The van der Waals surface area contributed by atoms with Crippen molar-refractivity contribution < 1.29 is 8.94 Å². The molecule has 3 heterocycles.